The van der Waals surface area contributed by atoms with Crippen LogP contribution in [0, 0.1) is 11.3 Å². The second kappa shape index (κ2) is 2.20. The summed E-state index contributed by atoms with van der Waals surface area (Å²) in [6.45, 7) is 0. The molecule has 0 saturated heterocycles. The van der Waals surface area contributed by atoms with Crippen molar-refractivity contribution in [2.45, 2.75) is 0 Å². The molecule has 2 heterocycles. The SMILES string of the molecule is N#Cc1cc2cnoc2nc1N. The van der Waals surface area contributed by atoms with Crippen molar-refractivity contribution >= 4 is 16.9 Å². The molecule has 12 heavy (non-hydrogen) atoms. The fraction of sp³-hybridized carbons (Fsp3) is 0. The summed E-state index contributed by atoms with van der Waals surface area (Å²) < 4.78 is 4.75. The van der Waals surface area contributed by atoms with Crippen LogP contribution in [0.1, 0.15) is 5.56 Å². The van der Waals surface area contributed by atoms with Crippen molar-refractivity contribution < 1.29 is 4.52 Å². The molecular weight excluding hydrogens is 156 g/mol. The Labute approximate surface area is 67.4 Å². The monoisotopic (exact) mass is 160 g/mol. The highest BCUT2D eigenvalue weighted by molar-refractivity contribution is 5.76. The van der Waals surface area contributed by atoms with Crippen molar-refractivity contribution in [2.75, 3.05) is 5.73 Å². The fourth-order valence-corrected chi connectivity index (χ4v) is 0.914. The molecule has 0 spiro atoms. The molecule has 0 radical (unpaired) electrons. The van der Waals surface area contributed by atoms with Crippen LogP contribution in [0.4, 0.5) is 5.82 Å². The Kier molecular flexibility index (Phi) is 1.21. The van der Waals surface area contributed by atoms with Gasteiger partial charge in [-0.25, -0.2) is 0 Å². The zero-order valence-corrected chi connectivity index (χ0v) is 5.98. The van der Waals surface area contributed by atoms with E-state index in [1.807, 2.05) is 6.07 Å². The Hall–Kier alpha value is -2.09. The average molecular weight is 160 g/mol. The number of aromatic nitrogens is 2. The highest BCUT2D eigenvalue weighted by atomic mass is 16.5. The van der Waals surface area contributed by atoms with E-state index in [1.54, 1.807) is 6.07 Å². The van der Waals surface area contributed by atoms with Gasteiger partial charge in [0.05, 0.1) is 17.1 Å². The summed E-state index contributed by atoms with van der Waals surface area (Å²) in [5.74, 6) is 0.168. The molecule has 5 heteroatoms. The van der Waals surface area contributed by atoms with Crippen LogP contribution in [0.15, 0.2) is 16.8 Å². The van der Waals surface area contributed by atoms with E-state index in [0.29, 0.717) is 16.7 Å². The average Bonchev–Trinajstić information content (AvgIpc) is 2.49. The summed E-state index contributed by atoms with van der Waals surface area (Å²) in [5, 5.41) is 12.8. The van der Waals surface area contributed by atoms with Gasteiger partial charge in [-0.1, -0.05) is 5.16 Å². The first-order valence-corrected chi connectivity index (χ1v) is 3.22. The first-order valence-electron chi connectivity index (χ1n) is 3.22. The minimum absolute atomic E-state index is 0.168. The van der Waals surface area contributed by atoms with E-state index in [0.717, 1.165) is 0 Å². The number of fused-ring (bicyclic) bond motifs is 1. The molecule has 2 aromatic heterocycles. The van der Waals surface area contributed by atoms with Gasteiger partial charge in [0.1, 0.15) is 11.9 Å². The summed E-state index contributed by atoms with van der Waals surface area (Å²) in [7, 11) is 0. The Morgan fingerprint density at radius 1 is 1.58 bits per heavy atom. The Morgan fingerprint density at radius 3 is 3.17 bits per heavy atom. The number of anilines is 1. The molecule has 2 rings (SSSR count). The van der Waals surface area contributed by atoms with Crippen LogP contribution >= 0.6 is 0 Å². The maximum atomic E-state index is 8.59. The van der Waals surface area contributed by atoms with Gasteiger partial charge in [-0.3, -0.25) is 0 Å². The summed E-state index contributed by atoms with van der Waals surface area (Å²) in [6, 6.07) is 3.51. The number of pyridine rings is 1. The van der Waals surface area contributed by atoms with Crippen molar-refractivity contribution in [1.82, 2.24) is 10.1 Å². The molecule has 0 aromatic carbocycles. The van der Waals surface area contributed by atoms with Crippen molar-refractivity contribution in [3.8, 4) is 6.07 Å². The standard InChI is InChI=1S/C7H4N4O/c8-2-4-1-5-3-10-12-7(5)11-6(4)9/h1,3H,(H2,9,11). The second-order valence-electron chi connectivity index (χ2n) is 2.25. The van der Waals surface area contributed by atoms with Gasteiger partial charge in [0.25, 0.3) is 5.71 Å². The van der Waals surface area contributed by atoms with Gasteiger partial charge in [-0.2, -0.15) is 10.2 Å². The Bertz CT molecular complexity index is 468. The van der Waals surface area contributed by atoms with E-state index < -0.39 is 0 Å². The van der Waals surface area contributed by atoms with Gasteiger partial charge >= 0.3 is 0 Å². The molecule has 0 atom stereocenters. The molecule has 2 aromatic rings. The maximum absolute atomic E-state index is 8.59. The van der Waals surface area contributed by atoms with Crippen LogP contribution in [-0.4, -0.2) is 10.1 Å². The number of hydrogen-bond donors (Lipinski definition) is 1. The molecule has 0 aliphatic heterocycles. The molecule has 58 valence electrons. The third-order valence-electron chi connectivity index (χ3n) is 1.50. The summed E-state index contributed by atoms with van der Waals surface area (Å²) in [4.78, 5) is 3.83. The number of rotatable bonds is 0. The van der Waals surface area contributed by atoms with Crippen molar-refractivity contribution in [2.24, 2.45) is 0 Å². The molecular formula is C7H4N4O. The zero-order valence-electron chi connectivity index (χ0n) is 5.98. The van der Waals surface area contributed by atoms with Crippen LogP contribution in [0.25, 0.3) is 11.1 Å². The zero-order chi connectivity index (χ0) is 8.55. The lowest BCUT2D eigenvalue weighted by molar-refractivity contribution is 0.449. The summed E-state index contributed by atoms with van der Waals surface area (Å²) in [5.41, 5.74) is 6.13. The van der Waals surface area contributed by atoms with E-state index in [-0.39, 0.29) is 5.82 Å². The van der Waals surface area contributed by atoms with Gasteiger partial charge in [0.2, 0.25) is 0 Å². The number of nitriles is 1. The topological polar surface area (TPSA) is 88.7 Å². The highest BCUT2D eigenvalue weighted by Gasteiger charge is 2.05. The molecule has 0 aliphatic carbocycles. The quantitative estimate of drug-likeness (QED) is 0.612. The molecule has 2 N–H and O–H groups in total. The Morgan fingerprint density at radius 2 is 2.42 bits per heavy atom. The molecule has 0 unspecified atom stereocenters. The summed E-state index contributed by atoms with van der Waals surface area (Å²) in [6.07, 6.45) is 1.49. The van der Waals surface area contributed by atoms with Crippen molar-refractivity contribution in [3.05, 3.63) is 17.8 Å². The summed E-state index contributed by atoms with van der Waals surface area (Å²) >= 11 is 0. The minimum atomic E-state index is 0.168. The largest absolute Gasteiger partial charge is 0.382 e. The fourth-order valence-electron chi connectivity index (χ4n) is 0.914. The normalized spacial score (nSPS) is 9.92. The molecule has 0 bridgehead atoms. The maximum Gasteiger partial charge on any atom is 0.259 e. The van der Waals surface area contributed by atoms with Gasteiger partial charge in [-0.05, 0) is 6.07 Å². The van der Waals surface area contributed by atoms with Crippen molar-refractivity contribution in [3.63, 3.8) is 0 Å². The lowest BCUT2D eigenvalue weighted by Crippen LogP contribution is -1.93. The third kappa shape index (κ3) is 0.787. The van der Waals surface area contributed by atoms with Gasteiger partial charge in [-0.15, -0.1) is 0 Å². The van der Waals surface area contributed by atoms with E-state index in [2.05, 4.69) is 10.1 Å². The predicted octanol–water partition coefficient (Wildman–Crippen LogP) is 0.677. The number of nitrogens with two attached hydrogens (primary N) is 1. The number of nitrogens with zero attached hydrogens (tertiary/aromatic N) is 3. The molecule has 0 fully saturated rings. The van der Waals surface area contributed by atoms with Crippen molar-refractivity contribution in [1.29, 1.82) is 5.26 Å². The van der Waals surface area contributed by atoms with Crippen LogP contribution in [0.3, 0.4) is 0 Å². The van der Waals surface area contributed by atoms with E-state index >= 15 is 0 Å². The van der Waals surface area contributed by atoms with E-state index in [9.17, 15) is 0 Å². The lowest BCUT2D eigenvalue weighted by Gasteiger charge is -1.92. The molecule has 0 aliphatic rings. The predicted molar refractivity (Wildman–Crippen MR) is 40.9 cm³/mol. The van der Waals surface area contributed by atoms with Gasteiger partial charge in [0.15, 0.2) is 0 Å². The first kappa shape index (κ1) is 6.61. The van der Waals surface area contributed by atoms with Crippen LogP contribution in [0.5, 0.6) is 0 Å². The highest BCUT2D eigenvalue weighted by Crippen LogP contribution is 2.16. The van der Waals surface area contributed by atoms with Crippen LogP contribution in [-0.2, 0) is 0 Å². The first-order chi connectivity index (χ1) is 5.81. The number of hydrogen-bond acceptors (Lipinski definition) is 5. The van der Waals surface area contributed by atoms with E-state index in [1.165, 1.54) is 6.20 Å². The second-order valence-corrected chi connectivity index (χ2v) is 2.25. The third-order valence-corrected chi connectivity index (χ3v) is 1.50. The van der Waals surface area contributed by atoms with Crippen LogP contribution in [0.2, 0.25) is 0 Å². The smallest absolute Gasteiger partial charge is 0.259 e. The lowest BCUT2D eigenvalue weighted by atomic mass is 10.2. The Balaban J connectivity index is 2.84. The van der Waals surface area contributed by atoms with E-state index in [4.69, 9.17) is 15.5 Å². The molecule has 0 amide bonds. The number of nitrogen functional groups attached to an aromatic ring is 1. The molecule has 0 saturated carbocycles. The minimum Gasteiger partial charge on any atom is -0.382 e. The van der Waals surface area contributed by atoms with Gasteiger partial charge in [0, 0.05) is 0 Å². The molecule has 5 nitrogen and oxygen atoms in total. The van der Waals surface area contributed by atoms with Crippen LogP contribution < -0.4 is 5.73 Å². The van der Waals surface area contributed by atoms with Gasteiger partial charge < -0.3 is 10.3 Å².